The summed E-state index contributed by atoms with van der Waals surface area (Å²) in [6.45, 7) is 1.97. The lowest BCUT2D eigenvalue weighted by Gasteiger charge is -1.87. The van der Waals surface area contributed by atoms with Crippen molar-refractivity contribution >= 4 is 23.8 Å². The van der Waals surface area contributed by atoms with Crippen molar-refractivity contribution in [2.45, 2.75) is 12.5 Å². The molecule has 0 aromatic rings. The normalized spacial score (nSPS) is 39.5. The lowest BCUT2D eigenvalue weighted by Crippen LogP contribution is -2.04. The third-order valence-electron chi connectivity index (χ3n) is 0.775. The van der Waals surface area contributed by atoms with E-state index in [1.54, 1.807) is 5.37 Å². The molecule has 0 spiro atoms. The van der Waals surface area contributed by atoms with Gasteiger partial charge < -0.3 is 0 Å². The van der Waals surface area contributed by atoms with Gasteiger partial charge in [-0.05, 0) is 6.92 Å². The minimum Gasteiger partial charge on any atom is -0.277 e. The Morgan fingerprint density at radius 2 is 2.50 bits per heavy atom. The molecule has 2 heteroatoms. The van der Waals surface area contributed by atoms with Crippen molar-refractivity contribution in [3.05, 3.63) is 0 Å². The standard InChI is InChI=1S/C4H5NS/c1-4(3-6)2-5-4/h2-3H,1H3. The van der Waals surface area contributed by atoms with E-state index in [4.69, 9.17) is 0 Å². The van der Waals surface area contributed by atoms with Gasteiger partial charge in [-0.25, -0.2) is 0 Å². The maximum Gasteiger partial charge on any atom is 0.120 e. The van der Waals surface area contributed by atoms with Gasteiger partial charge in [-0.2, -0.15) is 0 Å². The molecule has 0 radical (unpaired) electrons. The second-order valence-corrected chi connectivity index (χ2v) is 1.84. The second kappa shape index (κ2) is 0.877. The molecule has 0 bridgehead atoms. The monoisotopic (exact) mass is 99.0 g/mol. The van der Waals surface area contributed by atoms with Crippen molar-refractivity contribution in [2.24, 2.45) is 4.99 Å². The lowest BCUT2D eigenvalue weighted by molar-refractivity contribution is 1.02. The van der Waals surface area contributed by atoms with E-state index in [-0.39, 0.29) is 5.54 Å². The number of hydrogen-bond donors (Lipinski definition) is 0. The number of rotatable bonds is 1. The topological polar surface area (TPSA) is 12.4 Å². The Morgan fingerprint density at radius 1 is 2.00 bits per heavy atom. The third-order valence-corrected chi connectivity index (χ3v) is 1.25. The van der Waals surface area contributed by atoms with E-state index >= 15 is 0 Å². The number of thiocarbonyl (C=S) groups is 1. The summed E-state index contributed by atoms with van der Waals surface area (Å²) in [7, 11) is 0. The van der Waals surface area contributed by atoms with Crippen molar-refractivity contribution in [1.82, 2.24) is 0 Å². The van der Waals surface area contributed by atoms with Crippen LogP contribution in [0.5, 0.6) is 0 Å². The molecule has 1 aliphatic heterocycles. The minimum absolute atomic E-state index is 0.0185. The summed E-state index contributed by atoms with van der Waals surface area (Å²) in [5.74, 6) is 0. The van der Waals surface area contributed by atoms with Gasteiger partial charge in [-0.1, -0.05) is 12.2 Å². The molecule has 1 unspecified atom stereocenters. The Kier molecular flexibility index (Phi) is 0.575. The van der Waals surface area contributed by atoms with E-state index in [9.17, 15) is 0 Å². The van der Waals surface area contributed by atoms with Crippen LogP contribution in [0.15, 0.2) is 4.99 Å². The molecule has 0 aliphatic carbocycles. The fourth-order valence-electron chi connectivity index (χ4n) is 0.163. The van der Waals surface area contributed by atoms with Crippen LogP contribution in [-0.4, -0.2) is 17.1 Å². The predicted molar refractivity (Wildman–Crippen MR) is 30.6 cm³/mol. The van der Waals surface area contributed by atoms with E-state index in [2.05, 4.69) is 17.2 Å². The number of hydrogen-bond acceptors (Lipinski definition) is 2. The van der Waals surface area contributed by atoms with Crippen LogP contribution in [0.4, 0.5) is 0 Å². The molecule has 0 aromatic heterocycles. The lowest BCUT2D eigenvalue weighted by atomic mass is 10.2. The largest absolute Gasteiger partial charge is 0.277 e. The molecular formula is C4H5NS. The highest BCUT2D eigenvalue weighted by Gasteiger charge is 2.26. The quantitative estimate of drug-likeness (QED) is 0.443. The van der Waals surface area contributed by atoms with Gasteiger partial charge in [-0.3, -0.25) is 4.99 Å². The highest BCUT2D eigenvalue weighted by Crippen LogP contribution is 2.14. The van der Waals surface area contributed by atoms with Crippen LogP contribution in [0, 0.1) is 0 Å². The SMILES string of the molecule is CC1(C=S)C=N1. The first-order valence-corrected chi connectivity index (χ1v) is 2.27. The Morgan fingerprint density at radius 3 is 2.50 bits per heavy atom. The molecule has 1 rings (SSSR count). The predicted octanol–water partition coefficient (Wildman–Crippen LogP) is 0.829. The van der Waals surface area contributed by atoms with E-state index in [1.165, 1.54) is 0 Å². The van der Waals surface area contributed by atoms with Crippen molar-refractivity contribution in [3.63, 3.8) is 0 Å². The molecule has 1 atom stereocenters. The van der Waals surface area contributed by atoms with Gasteiger partial charge in [0.25, 0.3) is 0 Å². The van der Waals surface area contributed by atoms with Gasteiger partial charge in [0.15, 0.2) is 0 Å². The van der Waals surface area contributed by atoms with Gasteiger partial charge in [0, 0.05) is 11.6 Å². The fraction of sp³-hybridized carbons (Fsp3) is 0.500. The fourth-order valence-corrected chi connectivity index (χ4v) is 0.284. The first kappa shape index (κ1) is 3.93. The van der Waals surface area contributed by atoms with E-state index in [0.717, 1.165) is 0 Å². The number of aliphatic imine (C=N–C) groups is 1. The van der Waals surface area contributed by atoms with Crippen molar-refractivity contribution in [1.29, 1.82) is 0 Å². The Balaban J connectivity index is 2.52. The summed E-state index contributed by atoms with van der Waals surface area (Å²) in [5, 5.41) is 1.66. The molecule has 32 valence electrons. The van der Waals surface area contributed by atoms with Crippen LogP contribution >= 0.6 is 12.2 Å². The first-order valence-electron chi connectivity index (χ1n) is 1.79. The smallest absolute Gasteiger partial charge is 0.120 e. The number of nitrogens with zero attached hydrogens (tertiary/aromatic N) is 1. The summed E-state index contributed by atoms with van der Waals surface area (Å²) in [6.07, 6.45) is 1.83. The molecule has 0 N–H and O–H groups in total. The molecule has 6 heavy (non-hydrogen) atoms. The molecule has 1 aliphatic rings. The molecule has 0 aromatic carbocycles. The van der Waals surface area contributed by atoms with E-state index in [0.29, 0.717) is 0 Å². The Labute approximate surface area is 42.1 Å². The van der Waals surface area contributed by atoms with E-state index < -0.39 is 0 Å². The molecule has 1 nitrogen and oxygen atoms in total. The third kappa shape index (κ3) is 0.476. The average Bonchev–Trinajstić information content (AvgIpc) is 2.22. The zero-order chi connectivity index (χ0) is 4.62. The van der Waals surface area contributed by atoms with E-state index in [1.807, 2.05) is 13.1 Å². The molecule has 0 saturated carbocycles. The summed E-state index contributed by atoms with van der Waals surface area (Å²) in [4.78, 5) is 3.87. The first-order chi connectivity index (χ1) is 2.77. The summed E-state index contributed by atoms with van der Waals surface area (Å²) < 4.78 is 0. The Bertz CT molecular complexity index is 100. The van der Waals surface area contributed by atoms with Gasteiger partial charge in [0.1, 0.15) is 5.54 Å². The summed E-state index contributed by atoms with van der Waals surface area (Å²) in [5.41, 5.74) is -0.0185. The Hall–Kier alpha value is -0.240. The van der Waals surface area contributed by atoms with Gasteiger partial charge in [0.05, 0.1) is 0 Å². The van der Waals surface area contributed by atoms with Crippen LogP contribution in [0.3, 0.4) is 0 Å². The van der Waals surface area contributed by atoms with Crippen LogP contribution in [0.1, 0.15) is 6.92 Å². The average molecular weight is 99.2 g/mol. The molecule has 0 saturated heterocycles. The van der Waals surface area contributed by atoms with Gasteiger partial charge in [0.2, 0.25) is 0 Å². The van der Waals surface area contributed by atoms with Crippen LogP contribution < -0.4 is 0 Å². The zero-order valence-corrected chi connectivity index (χ0v) is 4.33. The van der Waals surface area contributed by atoms with Crippen molar-refractivity contribution in [2.75, 3.05) is 0 Å². The van der Waals surface area contributed by atoms with Gasteiger partial charge in [-0.15, -0.1) is 0 Å². The highest BCUT2D eigenvalue weighted by molar-refractivity contribution is 7.79. The van der Waals surface area contributed by atoms with Crippen LogP contribution in [0.25, 0.3) is 0 Å². The van der Waals surface area contributed by atoms with Gasteiger partial charge >= 0.3 is 0 Å². The highest BCUT2D eigenvalue weighted by atomic mass is 32.1. The summed E-state index contributed by atoms with van der Waals surface area (Å²) >= 11 is 4.60. The van der Waals surface area contributed by atoms with Crippen molar-refractivity contribution < 1.29 is 0 Å². The molecule has 1 heterocycles. The molecule has 0 fully saturated rings. The summed E-state index contributed by atoms with van der Waals surface area (Å²) in [6, 6.07) is 0. The zero-order valence-electron chi connectivity index (χ0n) is 3.51. The molecule has 0 amide bonds. The molecular weight excluding hydrogens is 94.1 g/mol. The van der Waals surface area contributed by atoms with Crippen molar-refractivity contribution in [3.8, 4) is 0 Å². The van der Waals surface area contributed by atoms with Crippen LogP contribution in [-0.2, 0) is 0 Å². The minimum atomic E-state index is -0.0185. The maximum absolute atomic E-state index is 4.60. The second-order valence-electron chi connectivity index (χ2n) is 1.60. The van der Waals surface area contributed by atoms with Crippen LogP contribution in [0.2, 0.25) is 0 Å². The maximum atomic E-state index is 4.60.